The van der Waals surface area contributed by atoms with Crippen LogP contribution in [0.15, 0.2) is 24.3 Å². The first kappa shape index (κ1) is 16.7. The van der Waals surface area contributed by atoms with E-state index in [4.69, 9.17) is 10.5 Å². The first-order chi connectivity index (χ1) is 9.25. The SMILES string of the molecule is COC(C)(C)CC(C)NC(=O)C(N)c1ccc(C)cc1. The Hall–Kier alpha value is -1.39. The van der Waals surface area contributed by atoms with E-state index < -0.39 is 6.04 Å². The molecule has 20 heavy (non-hydrogen) atoms. The summed E-state index contributed by atoms with van der Waals surface area (Å²) in [7, 11) is 1.67. The lowest BCUT2D eigenvalue weighted by atomic mass is 9.99. The van der Waals surface area contributed by atoms with E-state index in [1.807, 2.05) is 52.0 Å². The molecule has 1 rings (SSSR count). The fourth-order valence-electron chi connectivity index (χ4n) is 2.13. The molecule has 1 amide bonds. The summed E-state index contributed by atoms with van der Waals surface area (Å²) in [5.41, 5.74) is 7.70. The maximum absolute atomic E-state index is 12.1. The third kappa shape index (κ3) is 4.94. The van der Waals surface area contributed by atoms with Crippen LogP contribution in [0.4, 0.5) is 0 Å². The minimum Gasteiger partial charge on any atom is -0.379 e. The molecule has 0 aliphatic carbocycles. The van der Waals surface area contributed by atoms with Gasteiger partial charge in [0.05, 0.1) is 5.60 Å². The molecule has 0 aromatic heterocycles. The molecule has 0 aliphatic rings. The Balaban J connectivity index is 2.60. The van der Waals surface area contributed by atoms with Crippen LogP contribution in [-0.4, -0.2) is 24.7 Å². The standard InChI is InChI=1S/C16H26N2O2/c1-11-6-8-13(9-7-11)14(17)15(19)18-12(2)10-16(3,4)20-5/h6-9,12,14H,10,17H2,1-5H3,(H,18,19). The van der Waals surface area contributed by atoms with Crippen LogP contribution in [0.3, 0.4) is 0 Å². The lowest BCUT2D eigenvalue weighted by molar-refractivity contribution is -0.123. The fraction of sp³-hybridized carbons (Fsp3) is 0.562. The Bertz CT molecular complexity index is 440. The van der Waals surface area contributed by atoms with Crippen molar-refractivity contribution in [2.24, 2.45) is 5.73 Å². The largest absolute Gasteiger partial charge is 0.379 e. The number of rotatable bonds is 6. The predicted octanol–water partition coefficient (Wildman–Crippen LogP) is 2.31. The minimum atomic E-state index is -0.635. The number of benzene rings is 1. The van der Waals surface area contributed by atoms with Crippen LogP contribution in [0, 0.1) is 6.92 Å². The molecular formula is C16H26N2O2. The lowest BCUT2D eigenvalue weighted by Crippen LogP contribution is -2.42. The summed E-state index contributed by atoms with van der Waals surface area (Å²) in [6.45, 7) is 7.95. The Kier molecular flexibility index (Phi) is 5.72. The van der Waals surface area contributed by atoms with Gasteiger partial charge in [0.25, 0.3) is 0 Å². The summed E-state index contributed by atoms with van der Waals surface area (Å²) >= 11 is 0. The average molecular weight is 278 g/mol. The minimum absolute atomic E-state index is 0.00829. The quantitative estimate of drug-likeness (QED) is 0.839. The van der Waals surface area contributed by atoms with Crippen LogP contribution in [0.5, 0.6) is 0 Å². The Morgan fingerprint density at radius 2 is 1.90 bits per heavy atom. The highest BCUT2D eigenvalue weighted by Crippen LogP contribution is 2.16. The molecule has 0 saturated heterocycles. The number of carbonyl (C=O) groups is 1. The number of nitrogens with two attached hydrogens (primary N) is 1. The molecular weight excluding hydrogens is 252 g/mol. The molecule has 1 aromatic rings. The molecule has 1 aromatic carbocycles. The zero-order valence-corrected chi connectivity index (χ0v) is 13.1. The van der Waals surface area contributed by atoms with Crippen molar-refractivity contribution >= 4 is 5.91 Å². The van der Waals surface area contributed by atoms with Gasteiger partial charge in [-0.3, -0.25) is 4.79 Å². The molecule has 0 bridgehead atoms. The summed E-state index contributed by atoms with van der Waals surface area (Å²) in [6, 6.07) is 7.07. The third-order valence-electron chi connectivity index (χ3n) is 3.46. The van der Waals surface area contributed by atoms with E-state index >= 15 is 0 Å². The van der Waals surface area contributed by atoms with Crippen molar-refractivity contribution in [1.82, 2.24) is 5.32 Å². The first-order valence-corrected chi connectivity index (χ1v) is 6.93. The molecule has 112 valence electrons. The van der Waals surface area contributed by atoms with E-state index in [0.717, 1.165) is 17.5 Å². The molecule has 0 radical (unpaired) electrons. The van der Waals surface area contributed by atoms with Crippen LogP contribution >= 0.6 is 0 Å². The number of methoxy groups -OCH3 is 1. The summed E-state index contributed by atoms with van der Waals surface area (Å²) in [5.74, 6) is -0.159. The predicted molar refractivity (Wildman–Crippen MR) is 81.4 cm³/mol. The van der Waals surface area contributed by atoms with E-state index in [1.54, 1.807) is 7.11 Å². The number of hydrogen-bond donors (Lipinski definition) is 2. The van der Waals surface area contributed by atoms with Gasteiger partial charge in [-0.25, -0.2) is 0 Å². The van der Waals surface area contributed by atoms with Crippen molar-refractivity contribution < 1.29 is 9.53 Å². The van der Waals surface area contributed by atoms with Gasteiger partial charge in [0, 0.05) is 13.2 Å². The normalized spacial score (nSPS) is 14.7. The van der Waals surface area contributed by atoms with E-state index in [-0.39, 0.29) is 17.6 Å². The monoisotopic (exact) mass is 278 g/mol. The van der Waals surface area contributed by atoms with Gasteiger partial charge in [-0.1, -0.05) is 29.8 Å². The van der Waals surface area contributed by atoms with Gasteiger partial charge in [-0.15, -0.1) is 0 Å². The highest BCUT2D eigenvalue weighted by molar-refractivity contribution is 5.83. The van der Waals surface area contributed by atoms with Crippen molar-refractivity contribution in [3.05, 3.63) is 35.4 Å². The number of ether oxygens (including phenoxy) is 1. The van der Waals surface area contributed by atoms with Crippen molar-refractivity contribution in [2.75, 3.05) is 7.11 Å². The topological polar surface area (TPSA) is 64.3 Å². The Labute approximate surface area is 121 Å². The highest BCUT2D eigenvalue weighted by atomic mass is 16.5. The molecule has 0 heterocycles. The maximum atomic E-state index is 12.1. The summed E-state index contributed by atoms with van der Waals surface area (Å²) in [5, 5.41) is 2.94. The van der Waals surface area contributed by atoms with Gasteiger partial charge >= 0.3 is 0 Å². The van der Waals surface area contributed by atoms with E-state index in [0.29, 0.717) is 0 Å². The summed E-state index contributed by atoms with van der Waals surface area (Å²) in [6.07, 6.45) is 0.732. The molecule has 0 saturated carbocycles. The van der Waals surface area contributed by atoms with Gasteiger partial charge in [0.15, 0.2) is 0 Å². The number of amides is 1. The smallest absolute Gasteiger partial charge is 0.241 e. The second-order valence-corrected chi connectivity index (χ2v) is 5.97. The van der Waals surface area contributed by atoms with E-state index in [1.165, 1.54) is 0 Å². The van der Waals surface area contributed by atoms with Gasteiger partial charge in [-0.05, 0) is 39.7 Å². The average Bonchev–Trinajstić information content (AvgIpc) is 2.38. The summed E-state index contributed by atoms with van der Waals surface area (Å²) < 4.78 is 5.37. The molecule has 0 spiro atoms. The second-order valence-electron chi connectivity index (χ2n) is 5.97. The molecule has 4 nitrogen and oxygen atoms in total. The van der Waals surface area contributed by atoms with Crippen LogP contribution in [0.25, 0.3) is 0 Å². The zero-order chi connectivity index (χ0) is 15.3. The Morgan fingerprint density at radius 3 is 2.40 bits per heavy atom. The van der Waals surface area contributed by atoms with Crippen molar-refractivity contribution in [2.45, 2.75) is 51.8 Å². The second kappa shape index (κ2) is 6.86. The number of nitrogens with one attached hydrogen (secondary N) is 1. The Morgan fingerprint density at radius 1 is 1.35 bits per heavy atom. The van der Waals surface area contributed by atoms with Crippen molar-refractivity contribution in [3.63, 3.8) is 0 Å². The number of carbonyl (C=O) groups excluding carboxylic acids is 1. The highest BCUT2D eigenvalue weighted by Gasteiger charge is 2.23. The molecule has 2 atom stereocenters. The number of aryl methyl sites for hydroxylation is 1. The third-order valence-corrected chi connectivity index (χ3v) is 3.46. The maximum Gasteiger partial charge on any atom is 0.241 e. The van der Waals surface area contributed by atoms with Gasteiger partial charge in [-0.2, -0.15) is 0 Å². The first-order valence-electron chi connectivity index (χ1n) is 6.93. The molecule has 2 unspecified atom stereocenters. The van der Waals surface area contributed by atoms with Gasteiger partial charge < -0.3 is 15.8 Å². The molecule has 3 N–H and O–H groups in total. The van der Waals surface area contributed by atoms with Crippen molar-refractivity contribution in [1.29, 1.82) is 0 Å². The van der Waals surface area contributed by atoms with Gasteiger partial charge in [0.1, 0.15) is 6.04 Å². The van der Waals surface area contributed by atoms with Gasteiger partial charge in [0.2, 0.25) is 5.91 Å². The lowest BCUT2D eigenvalue weighted by Gasteiger charge is -2.27. The van der Waals surface area contributed by atoms with Crippen LogP contribution in [0.1, 0.15) is 44.4 Å². The van der Waals surface area contributed by atoms with E-state index in [9.17, 15) is 4.79 Å². The summed E-state index contributed by atoms with van der Waals surface area (Å²) in [4.78, 5) is 12.1. The number of hydrogen-bond acceptors (Lipinski definition) is 3. The fourth-order valence-corrected chi connectivity index (χ4v) is 2.13. The van der Waals surface area contributed by atoms with Crippen LogP contribution in [-0.2, 0) is 9.53 Å². The van der Waals surface area contributed by atoms with Crippen LogP contribution < -0.4 is 11.1 Å². The van der Waals surface area contributed by atoms with E-state index in [2.05, 4.69) is 5.32 Å². The van der Waals surface area contributed by atoms with Crippen molar-refractivity contribution in [3.8, 4) is 0 Å². The van der Waals surface area contributed by atoms with Crippen LogP contribution in [0.2, 0.25) is 0 Å². The molecule has 4 heteroatoms. The zero-order valence-electron chi connectivity index (χ0n) is 13.1. The molecule has 0 aliphatic heterocycles. The molecule has 0 fully saturated rings.